The lowest BCUT2D eigenvalue weighted by molar-refractivity contribution is -0.152. The van der Waals surface area contributed by atoms with Gasteiger partial charge in [-0.25, -0.2) is 0 Å². The smallest absolute Gasteiger partial charge is 0.249 e. The second kappa shape index (κ2) is 7.59. The average Bonchev–Trinajstić information content (AvgIpc) is 2.47. The summed E-state index contributed by atoms with van der Waals surface area (Å²) in [5, 5.41) is 3.05. The standard InChI is InChI=1S/C17H34N2O2/c1-6-14-8-10-17(12-18,11-9-14)21-13(3)15(20)19-16(4,5)7-2/h13-14H,6-12,18H2,1-5H3,(H,19,20). The molecule has 1 aliphatic rings. The first-order valence-electron chi connectivity index (χ1n) is 8.47. The Labute approximate surface area is 130 Å². The molecule has 1 amide bonds. The first-order chi connectivity index (χ1) is 9.77. The van der Waals surface area contributed by atoms with E-state index in [4.69, 9.17) is 10.5 Å². The van der Waals surface area contributed by atoms with E-state index < -0.39 is 6.10 Å². The predicted octanol–water partition coefficient (Wildman–Crippen LogP) is 2.99. The van der Waals surface area contributed by atoms with Crippen molar-refractivity contribution in [2.24, 2.45) is 11.7 Å². The summed E-state index contributed by atoms with van der Waals surface area (Å²) >= 11 is 0. The Morgan fingerprint density at radius 2 is 1.95 bits per heavy atom. The monoisotopic (exact) mass is 298 g/mol. The van der Waals surface area contributed by atoms with E-state index >= 15 is 0 Å². The van der Waals surface area contributed by atoms with Gasteiger partial charge in [-0.15, -0.1) is 0 Å². The van der Waals surface area contributed by atoms with Crippen molar-refractivity contribution < 1.29 is 9.53 Å². The van der Waals surface area contributed by atoms with Gasteiger partial charge in [0.05, 0.1) is 5.60 Å². The van der Waals surface area contributed by atoms with Crippen LogP contribution in [-0.4, -0.2) is 29.7 Å². The summed E-state index contributed by atoms with van der Waals surface area (Å²) in [5.74, 6) is 0.753. The number of hydrogen-bond donors (Lipinski definition) is 2. The van der Waals surface area contributed by atoms with Crippen molar-refractivity contribution in [3.05, 3.63) is 0 Å². The molecule has 0 spiro atoms. The minimum Gasteiger partial charge on any atom is -0.361 e. The topological polar surface area (TPSA) is 64.3 Å². The van der Waals surface area contributed by atoms with E-state index in [0.717, 1.165) is 38.0 Å². The summed E-state index contributed by atoms with van der Waals surface area (Å²) in [7, 11) is 0. The predicted molar refractivity (Wildman–Crippen MR) is 87.1 cm³/mol. The Kier molecular flexibility index (Phi) is 6.67. The molecule has 0 heterocycles. The number of nitrogens with one attached hydrogen (secondary N) is 1. The van der Waals surface area contributed by atoms with Crippen LogP contribution in [0.2, 0.25) is 0 Å². The summed E-state index contributed by atoms with van der Waals surface area (Å²) in [4.78, 5) is 12.3. The molecule has 1 fully saturated rings. The van der Waals surface area contributed by atoms with Crippen LogP contribution in [0.3, 0.4) is 0 Å². The number of nitrogens with two attached hydrogens (primary N) is 1. The van der Waals surface area contributed by atoms with Crippen molar-refractivity contribution in [3.8, 4) is 0 Å². The molecule has 4 nitrogen and oxygen atoms in total. The van der Waals surface area contributed by atoms with Crippen molar-refractivity contribution in [2.75, 3.05) is 6.54 Å². The van der Waals surface area contributed by atoms with Gasteiger partial charge in [0.15, 0.2) is 0 Å². The number of ether oxygens (including phenoxy) is 1. The third-order valence-electron chi connectivity index (χ3n) is 5.11. The van der Waals surface area contributed by atoms with Gasteiger partial charge < -0.3 is 15.8 Å². The highest BCUT2D eigenvalue weighted by Crippen LogP contribution is 2.36. The van der Waals surface area contributed by atoms with Crippen molar-refractivity contribution in [2.45, 2.75) is 90.4 Å². The van der Waals surface area contributed by atoms with E-state index in [9.17, 15) is 4.79 Å². The largest absolute Gasteiger partial charge is 0.361 e. The molecule has 1 rings (SSSR count). The molecule has 0 radical (unpaired) electrons. The summed E-state index contributed by atoms with van der Waals surface area (Å²) in [5.41, 5.74) is 5.47. The van der Waals surface area contributed by atoms with Crippen LogP contribution in [0.4, 0.5) is 0 Å². The Balaban J connectivity index is 2.59. The summed E-state index contributed by atoms with van der Waals surface area (Å²) < 4.78 is 6.14. The summed E-state index contributed by atoms with van der Waals surface area (Å²) in [6, 6.07) is 0. The molecule has 124 valence electrons. The van der Waals surface area contributed by atoms with E-state index in [-0.39, 0.29) is 17.0 Å². The molecule has 0 aromatic rings. The van der Waals surface area contributed by atoms with Crippen LogP contribution in [0.5, 0.6) is 0 Å². The van der Waals surface area contributed by atoms with Crippen LogP contribution in [0.15, 0.2) is 0 Å². The number of hydrogen-bond acceptors (Lipinski definition) is 3. The fraction of sp³-hybridized carbons (Fsp3) is 0.941. The van der Waals surface area contributed by atoms with Gasteiger partial charge in [-0.1, -0.05) is 20.3 Å². The third-order valence-corrected chi connectivity index (χ3v) is 5.11. The lowest BCUT2D eigenvalue weighted by atomic mass is 9.77. The fourth-order valence-corrected chi connectivity index (χ4v) is 2.93. The Morgan fingerprint density at radius 3 is 2.38 bits per heavy atom. The second-order valence-electron chi connectivity index (χ2n) is 7.23. The molecule has 0 aromatic carbocycles. The van der Waals surface area contributed by atoms with Gasteiger partial charge in [-0.2, -0.15) is 0 Å². The maximum absolute atomic E-state index is 12.3. The summed E-state index contributed by atoms with van der Waals surface area (Å²) in [6.07, 6.45) is 5.92. The highest BCUT2D eigenvalue weighted by molar-refractivity contribution is 5.81. The van der Waals surface area contributed by atoms with Crippen molar-refractivity contribution in [1.29, 1.82) is 0 Å². The van der Waals surface area contributed by atoms with Crippen molar-refractivity contribution in [1.82, 2.24) is 5.32 Å². The van der Waals surface area contributed by atoms with E-state index in [1.54, 1.807) is 0 Å². The van der Waals surface area contributed by atoms with Crippen LogP contribution in [0.25, 0.3) is 0 Å². The molecule has 21 heavy (non-hydrogen) atoms. The van der Waals surface area contributed by atoms with E-state index in [0.29, 0.717) is 6.54 Å². The van der Waals surface area contributed by atoms with Gasteiger partial charge in [0.25, 0.3) is 0 Å². The zero-order valence-corrected chi connectivity index (χ0v) is 14.5. The second-order valence-corrected chi connectivity index (χ2v) is 7.23. The Hall–Kier alpha value is -0.610. The zero-order valence-electron chi connectivity index (χ0n) is 14.5. The van der Waals surface area contributed by atoms with Crippen LogP contribution < -0.4 is 11.1 Å². The van der Waals surface area contributed by atoms with Gasteiger partial charge in [0, 0.05) is 12.1 Å². The molecule has 0 aliphatic heterocycles. The van der Waals surface area contributed by atoms with Crippen molar-refractivity contribution >= 4 is 5.91 Å². The number of carbonyl (C=O) groups excluding carboxylic acids is 1. The lowest BCUT2D eigenvalue weighted by Crippen LogP contribution is -2.52. The molecular weight excluding hydrogens is 264 g/mol. The first-order valence-corrected chi connectivity index (χ1v) is 8.47. The SMILES string of the molecule is CCC1CCC(CN)(OC(C)C(=O)NC(C)(C)CC)CC1. The lowest BCUT2D eigenvalue weighted by Gasteiger charge is -2.41. The fourth-order valence-electron chi connectivity index (χ4n) is 2.93. The molecule has 3 N–H and O–H groups in total. The molecule has 1 saturated carbocycles. The highest BCUT2D eigenvalue weighted by atomic mass is 16.5. The Bertz CT molecular complexity index is 334. The number of rotatable bonds is 7. The van der Waals surface area contributed by atoms with Gasteiger partial charge in [0.2, 0.25) is 5.91 Å². The molecule has 0 aromatic heterocycles. The quantitative estimate of drug-likeness (QED) is 0.759. The van der Waals surface area contributed by atoms with Crippen LogP contribution >= 0.6 is 0 Å². The Morgan fingerprint density at radius 1 is 1.38 bits per heavy atom. The summed E-state index contributed by atoms with van der Waals surface area (Å²) in [6.45, 7) is 10.7. The van der Waals surface area contributed by atoms with Crippen LogP contribution in [0, 0.1) is 5.92 Å². The molecule has 0 saturated heterocycles. The average molecular weight is 298 g/mol. The molecule has 4 heteroatoms. The molecule has 1 aliphatic carbocycles. The van der Waals surface area contributed by atoms with Gasteiger partial charge in [-0.05, 0) is 58.8 Å². The molecular formula is C17H34N2O2. The third kappa shape index (κ3) is 5.26. The normalized spacial score (nSPS) is 28.2. The van der Waals surface area contributed by atoms with E-state index in [1.807, 2.05) is 20.8 Å². The van der Waals surface area contributed by atoms with Crippen molar-refractivity contribution in [3.63, 3.8) is 0 Å². The first kappa shape index (κ1) is 18.4. The molecule has 1 atom stereocenters. The van der Waals surface area contributed by atoms with Gasteiger partial charge in [0.1, 0.15) is 6.10 Å². The zero-order chi connectivity index (χ0) is 16.1. The molecule has 1 unspecified atom stereocenters. The number of amides is 1. The van der Waals surface area contributed by atoms with Gasteiger partial charge in [-0.3, -0.25) is 4.79 Å². The molecule has 0 bridgehead atoms. The maximum atomic E-state index is 12.3. The minimum atomic E-state index is -0.447. The van der Waals surface area contributed by atoms with E-state index in [1.165, 1.54) is 6.42 Å². The van der Waals surface area contributed by atoms with E-state index in [2.05, 4.69) is 19.2 Å². The highest BCUT2D eigenvalue weighted by Gasteiger charge is 2.37. The number of carbonyl (C=O) groups is 1. The maximum Gasteiger partial charge on any atom is 0.249 e. The van der Waals surface area contributed by atoms with Crippen LogP contribution in [-0.2, 0) is 9.53 Å². The van der Waals surface area contributed by atoms with Crippen LogP contribution in [0.1, 0.15) is 73.1 Å². The minimum absolute atomic E-state index is 0.0349. The van der Waals surface area contributed by atoms with Gasteiger partial charge >= 0.3 is 0 Å².